The molecule has 0 atom stereocenters. The van der Waals surface area contributed by atoms with E-state index in [1.165, 1.54) is 11.8 Å². The molecule has 1 aromatic carbocycles. The fraction of sp³-hybridized carbons (Fsp3) is 0.421. The van der Waals surface area contributed by atoms with Gasteiger partial charge in [0.2, 0.25) is 24.1 Å². The first-order valence-corrected chi connectivity index (χ1v) is 11.2. The lowest BCUT2D eigenvalue weighted by atomic mass is 9.97. The van der Waals surface area contributed by atoms with Gasteiger partial charge in [0, 0.05) is 22.6 Å². The first-order chi connectivity index (χ1) is 14.2. The number of nitrogen functional groups attached to an aromatic ring is 1. The molecule has 0 unspecified atom stereocenters. The molecular formula is C19H21BrN5O3S+. The van der Waals surface area contributed by atoms with Gasteiger partial charge in [0.05, 0.1) is 6.54 Å². The highest BCUT2D eigenvalue weighted by Crippen LogP contribution is 2.42. The summed E-state index contributed by atoms with van der Waals surface area (Å²) in [6.45, 7) is 2.82. The summed E-state index contributed by atoms with van der Waals surface area (Å²) in [4.78, 5) is 13.4. The number of nitrogens with one attached hydrogen (secondary N) is 1. The second-order valence-electron chi connectivity index (χ2n) is 7.15. The number of nitrogens with zero attached hydrogens (tertiary/aromatic N) is 3. The van der Waals surface area contributed by atoms with Crippen molar-refractivity contribution in [2.45, 2.75) is 35.9 Å². The number of fused-ring (bicyclic) bond motifs is 2. The quantitative estimate of drug-likeness (QED) is 0.542. The van der Waals surface area contributed by atoms with Crippen LogP contribution < -0.4 is 19.8 Å². The first-order valence-electron chi connectivity index (χ1n) is 9.56. The number of H-pyrrole nitrogens is 1. The third-order valence-corrected chi connectivity index (χ3v) is 7.14. The van der Waals surface area contributed by atoms with E-state index in [1.807, 2.05) is 12.1 Å². The van der Waals surface area contributed by atoms with E-state index in [0.717, 1.165) is 76.2 Å². The molecule has 2 aliphatic rings. The van der Waals surface area contributed by atoms with Crippen molar-refractivity contribution in [2.24, 2.45) is 5.92 Å². The Morgan fingerprint density at radius 3 is 2.86 bits per heavy atom. The van der Waals surface area contributed by atoms with Gasteiger partial charge >= 0.3 is 0 Å². The number of aryl methyl sites for hydroxylation is 1. The van der Waals surface area contributed by atoms with Gasteiger partial charge < -0.3 is 24.9 Å². The Hall–Kier alpha value is -2.04. The van der Waals surface area contributed by atoms with Crippen LogP contribution in [0.2, 0.25) is 0 Å². The van der Waals surface area contributed by atoms with Crippen LogP contribution in [0.1, 0.15) is 19.3 Å². The summed E-state index contributed by atoms with van der Waals surface area (Å²) in [5.41, 5.74) is 7.69. The van der Waals surface area contributed by atoms with Gasteiger partial charge in [-0.1, -0.05) is 9.97 Å². The highest BCUT2D eigenvalue weighted by Gasteiger charge is 2.23. The monoisotopic (exact) mass is 478 g/mol. The van der Waals surface area contributed by atoms with E-state index < -0.39 is 0 Å². The Labute approximate surface area is 180 Å². The SMILES string of the molecule is Nc1nc[n+](CCC2CCOCC2)c2nc(Sc3cc4c(cc3Br)OCO4)[nH]c12. The molecule has 0 aliphatic carbocycles. The Balaban J connectivity index is 1.40. The smallest absolute Gasteiger partial charge is 0.294 e. The van der Waals surface area contributed by atoms with Crippen molar-refractivity contribution >= 4 is 44.7 Å². The number of halogens is 1. The van der Waals surface area contributed by atoms with Gasteiger partial charge in [0.15, 0.2) is 17.0 Å². The molecule has 0 saturated carbocycles. The number of hydrogen-bond donors (Lipinski definition) is 2. The first kappa shape index (κ1) is 19.0. The summed E-state index contributed by atoms with van der Waals surface area (Å²) in [7, 11) is 0. The van der Waals surface area contributed by atoms with E-state index in [-0.39, 0.29) is 6.79 Å². The second-order valence-corrected chi connectivity index (χ2v) is 9.03. The number of imidazole rings is 1. The minimum Gasteiger partial charge on any atom is -0.454 e. The van der Waals surface area contributed by atoms with Gasteiger partial charge in [-0.25, -0.2) is 4.57 Å². The van der Waals surface area contributed by atoms with Gasteiger partial charge in [0.25, 0.3) is 5.65 Å². The summed E-state index contributed by atoms with van der Waals surface area (Å²) < 4.78 is 19.4. The zero-order valence-corrected chi connectivity index (χ0v) is 18.1. The molecule has 1 fully saturated rings. The van der Waals surface area contributed by atoms with Crippen LogP contribution in [0.4, 0.5) is 5.82 Å². The molecule has 10 heteroatoms. The number of anilines is 1. The highest BCUT2D eigenvalue weighted by atomic mass is 79.9. The normalized spacial score (nSPS) is 16.6. The molecule has 29 heavy (non-hydrogen) atoms. The van der Waals surface area contributed by atoms with Gasteiger partial charge in [-0.2, -0.15) is 0 Å². The number of aromatic nitrogens is 4. The molecule has 0 amide bonds. The van der Waals surface area contributed by atoms with E-state index in [1.54, 1.807) is 6.33 Å². The maximum Gasteiger partial charge on any atom is 0.294 e. The molecule has 0 radical (unpaired) electrons. The van der Waals surface area contributed by atoms with Crippen LogP contribution in [0.3, 0.4) is 0 Å². The van der Waals surface area contributed by atoms with Crippen molar-refractivity contribution in [3.05, 3.63) is 22.9 Å². The fourth-order valence-corrected chi connectivity index (χ4v) is 5.01. The lowest BCUT2D eigenvalue weighted by Crippen LogP contribution is -2.37. The van der Waals surface area contributed by atoms with Crippen molar-refractivity contribution in [1.29, 1.82) is 0 Å². The molecule has 3 aromatic rings. The largest absolute Gasteiger partial charge is 0.454 e. The van der Waals surface area contributed by atoms with E-state index >= 15 is 0 Å². The average Bonchev–Trinajstić information content (AvgIpc) is 3.36. The Bertz CT molecular complexity index is 1050. The number of aromatic amines is 1. The van der Waals surface area contributed by atoms with Gasteiger partial charge in [-0.3, -0.25) is 0 Å². The number of ether oxygens (including phenoxy) is 3. The number of nitrogens with two attached hydrogens (primary N) is 1. The number of hydrogen-bond acceptors (Lipinski definition) is 7. The third-order valence-electron chi connectivity index (χ3n) is 5.28. The van der Waals surface area contributed by atoms with Crippen LogP contribution in [0.5, 0.6) is 11.5 Å². The van der Waals surface area contributed by atoms with Crippen molar-refractivity contribution in [3.63, 3.8) is 0 Å². The summed E-state index contributed by atoms with van der Waals surface area (Å²) >= 11 is 5.11. The lowest BCUT2D eigenvalue weighted by molar-refractivity contribution is -0.677. The van der Waals surface area contributed by atoms with Gasteiger partial charge in [-0.05, 0) is 65.0 Å². The molecule has 8 nitrogen and oxygen atoms in total. The second kappa shape index (κ2) is 8.00. The molecule has 0 bridgehead atoms. The molecule has 3 N–H and O–H groups in total. The number of rotatable bonds is 5. The zero-order chi connectivity index (χ0) is 19.8. The van der Waals surface area contributed by atoms with Crippen LogP contribution in [0.15, 0.2) is 33.0 Å². The summed E-state index contributed by atoms with van der Waals surface area (Å²) in [6.07, 6.45) is 5.10. The van der Waals surface area contributed by atoms with Crippen molar-refractivity contribution in [2.75, 3.05) is 25.7 Å². The molecule has 5 rings (SSSR count). The predicted octanol–water partition coefficient (Wildman–Crippen LogP) is 3.29. The van der Waals surface area contributed by atoms with E-state index in [9.17, 15) is 0 Å². The molecule has 152 valence electrons. The Morgan fingerprint density at radius 2 is 2.03 bits per heavy atom. The zero-order valence-electron chi connectivity index (χ0n) is 15.7. The van der Waals surface area contributed by atoms with Gasteiger partial charge in [0.1, 0.15) is 0 Å². The topological polar surface area (TPSA) is 99.2 Å². The molecule has 2 aliphatic heterocycles. The van der Waals surface area contributed by atoms with E-state index in [2.05, 4.69) is 30.5 Å². The number of benzene rings is 1. The van der Waals surface area contributed by atoms with Gasteiger partial charge in [-0.15, -0.1) is 0 Å². The standard InChI is InChI=1S/C19H20BrN5O3S/c20-12-7-13-14(28-10-27-13)8-15(12)29-19-23-16-17(21)22-9-25(18(16)24-19)4-1-11-2-5-26-6-3-11/h7-9,11H,1-6,10H2,(H2,21,23,24)/p+1. The molecule has 2 aromatic heterocycles. The van der Waals surface area contributed by atoms with Crippen molar-refractivity contribution in [3.8, 4) is 11.5 Å². The Kier molecular flexibility index (Phi) is 5.23. The molecule has 0 spiro atoms. The maximum absolute atomic E-state index is 6.11. The minimum atomic E-state index is 0.246. The van der Waals surface area contributed by atoms with Crippen molar-refractivity contribution in [1.82, 2.24) is 15.0 Å². The van der Waals surface area contributed by atoms with Crippen LogP contribution >= 0.6 is 27.7 Å². The molecule has 4 heterocycles. The summed E-state index contributed by atoms with van der Waals surface area (Å²) in [5, 5.41) is 0.749. The van der Waals surface area contributed by atoms with E-state index in [0.29, 0.717) is 11.7 Å². The highest BCUT2D eigenvalue weighted by molar-refractivity contribution is 9.10. The van der Waals surface area contributed by atoms with E-state index in [4.69, 9.17) is 24.9 Å². The summed E-state index contributed by atoms with van der Waals surface area (Å²) in [5.74, 6) is 2.61. The molecular weight excluding hydrogens is 458 g/mol. The van der Waals surface area contributed by atoms with Crippen LogP contribution in [0, 0.1) is 5.92 Å². The Morgan fingerprint density at radius 1 is 1.24 bits per heavy atom. The fourth-order valence-electron chi connectivity index (χ4n) is 3.63. The van der Waals surface area contributed by atoms with Crippen LogP contribution in [0.25, 0.3) is 11.2 Å². The molecule has 1 saturated heterocycles. The van der Waals surface area contributed by atoms with Crippen LogP contribution in [-0.4, -0.2) is 35.0 Å². The maximum atomic E-state index is 6.11. The van der Waals surface area contributed by atoms with Crippen molar-refractivity contribution < 1.29 is 18.8 Å². The minimum absolute atomic E-state index is 0.246. The lowest BCUT2D eigenvalue weighted by Gasteiger charge is -2.21. The summed E-state index contributed by atoms with van der Waals surface area (Å²) in [6, 6.07) is 3.86. The van der Waals surface area contributed by atoms with Crippen LogP contribution in [-0.2, 0) is 11.3 Å². The predicted molar refractivity (Wildman–Crippen MR) is 111 cm³/mol. The third kappa shape index (κ3) is 3.88. The average molecular weight is 479 g/mol.